The van der Waals surface area contributed by atoms with Crippen molar-refractivity contribution in [3.8, 4) is 0 Å². The smallest absolute Gasteiger partial charge is 0.341 e. The number of amides is 1. The van der Waals surface area contributed by atoms with Gasteiger partial charge in [-0.25, -0.2) is 4.79 Å². The van der Waals surface area contributed by atoms with E-state index in [1.165, 1.54) is 11.3 Å². The molecular formula is C15H18BrN3O3S. The number of carbonyl (C=O) groups excluding carboxylic acids is 2. The molecule has 0 fully saturated rings. The lowest BCUT2D eigenvalue weighted by molar-refractivity contribution is 0.0527. The number of ether oxygens (including phenoxy) is 1. The van der Waals surface area contributed by atoms with E-state index in [-0.39, 0.29) is 18.2 Å². The molecule has 0 spiro atoms. The third-order valence-electron chi connectivity index (χ3n) is 3.57. The summed E-state index contributed by atoms with van der Waals surface area (Å²) in [6.07, 6.45) is 0. The van der Waals surface area contributed by atoms with E-state index in [1.807, 2.05) is 20.8 Å². The van der Waals surface area contributed by atoms with Gasteiger partial charge < -0.3 is 10.1 Å². The minimum atomic E-state index is -0.430. The van der Waals surface area contributed by atoms with Crippen molar-refractivity contribution in [2.45, 2.75) is 27.7 Å². The molecule has 0 aliphatic heterocycles. The molecule has 23 heavy (non-hydrogen) atoms. The molecule has 0 saturated carbocycles. The highest BCUT2D eigenvalue weighted by atomic mass is 79.9. The maximum absolute atomic E-state index is 12.5. The maximum Gasteiger partial charge on any atom is 0.341 e. The molecule has 8 heteroatoms. The van der Waals surface area contributed by atoms with Crippen LogP contribution in [0.5, 0.6) is 0 Å². The fraction of sp³-hybridized carbons (Fsp3) is 0.400. The van der Waals surface area contributed by atoms with Crippen LogP contribution in [-0.2, 0) is 11.8 Å². The number of halogens is 1. The van der Waals surface area contributed by atoms with Gasteiger partial charge >= 0.3 is 5.97 Å². The number of hydrogen-bond acceptors (Lipinski definition) is 5. The van der Waals surface area contributed by atoms with Gasteiger partial charge in [0, 0.05) is 11.9 Å². The Balaban J connectivity index is 2.36. The largest absolute Gasteiger partial charge is 0.462 e. The summed E-state index contributed by atoms with van der Waals surface area (Å²) in [4.78, 5) is 25.6. The van der Waals surface area contributed by atoms with Crippen LogP contribution in [0.15, 0.2) is 4.47 Å². The molecule has 0 aliphatic rings. The fourth-order valence-electron chi connectivity index (χ4n) is 2.05. The number of nitrogens with zero attached hydrogens (tertiary/aromatic N) is 2. The van der Waals surface area contributed by atoms with Crippen LogP contribution in [0.3, 0.4) is 0 Å². The second-order valence-corrected chi connectivity index (χ2v) is 7.05. The number of hydrogen-bond donors (Lipinski definition) is 1. The number of nitrogens with one attached hydrogen (secondary N) is 1. The van der Waals surface area contributed by atoms with Crippen molar-refractivity contribution < 1.29 is 14.3 Å². The summed E-state index contributed by atoms with van der Waals surface area (Å²) in [5.41, 5.74) is 2.36. The molecule has 2 aromatic rings. The van der Waals surface area contributed by atoms with Gasteiger partial charge in [-0.1, -0.05) is 0 Å². The van der Waals surface area contributed by atoms with Crippen LogP contribution >= 0.6 is 27.3 Å². The Labute approximate surface area is 147 Å². The third kappa shape index (κ3) is 3.32. The van der Waals surface area contributed by atoms with Crippen molar-refractivity contribution in [1.29, 1.82) is 0 Å². The topological polar surface area (TPSA) is 73.2 Å². The minimum Gasteiger partial charge on any atom is -0.462 e. The average molecular weight is 400 g/mol. The third-order valence-corrected chi connectivity index (χ3v) is 5.64. The summed E-state index contributed by atoms with van der Waals surface area (Å²) in [6.45, 7) is 7.63. The van der Waals surface area contributed by atoms with Crippen LogP contribution in [-0.4, -0.2) is 28.3 Å². The highest BCUT2D eigenvalue weighted by Crippen LogP contribution is 2.33. The number of carbonyl (C=O) groups is 2. The number of aryl methyl sites for hydroxylation is 2. The molecule has 1 amide bonds. The highest BCUT2D eigenvalue weighted by Gasteiger charge is 2.24. The lowest BCUT2D eigenvalue weighted by Crippen LogP contribution is -2.16. The predicted molar refractivity (Wildman–Crippen MR) is 93.3 cm³/mol. The zero-order chi connectivity index (χ0) is 17.3. The van der Waals surface area contributed by atoms with E-state index in [1.54, 1.807) is 18.7 Å². The quantitative estimate of drug-likeness (QED) is 0.796. The van der Waals surface area contributed by atoms with E-state index in [9.17, 15) is 9.59 Å². The Morgan fingerprint density at radius 1 is 1.35 bits per heavy atom. The lowest BCUT2D eigenvalue weighted by atomic mass is 10.1. The zero-order valence-electron chi connectivity index (χ0n) is 13.6. The molecule has 0 aromatic carbocycles. The van der Waals surface area contributed by atoms with Crippen molar-refractivity contribution in [2.75, 3.05) is 11.9 Å². The Morgan fingerprint density at radius 2 is 2.00 bits per heavy atom. The van der Waals surface area contributed by atoms with Gasteiger partial charge in [0.25, 0.3) is 5.91 Å². The standard InChI is InChI=1S/C15H18BrN3O3S/c1-6-22-15(21)10-7(2)9(4)23-14(10)17-13(20)12-11(16)8(3)19(5)18-12/h6H2,1-5H3,(H,17,20). The molecule has 2 rings (SSSR count). The first-order chi connectivity index (χ1) is 10.8. The lowest BCUT2D eigenvalue weighted by Gasteiger charge is -2.06. The first kappa shape index (κ1) is 17.7. The molecule has 0 radical (unpaired) electrons. The Bertz CT molecular complexity index is 780. The van der Waals surface area contributed by atoms with E-state index in [0.29, 0.717) is 15.0 Å². The molecule has 0 atom stereocenters. The number of esters is 1. The predicted octanol–water partition coefficient (Wildman–Crippen LogP) is 3.60. The molecule has 1 N–H and O–H groups in total. The fourth-order valence-corrected chi connectivity index (χ4v) is 3.61. The molecule has 124 valence electrons. The van der Waals surface area contributed by atoms with E-state index in [0.717, 1.165) is 16.1 Å². The van der Waals surface area contributed by atoms with Gasteiger partial charge in [-0.2, -0.15) is 5.10 Å². The summed E-state index contributed by atoms with van der Waals surface area (Å²) in [5, 5.41) is 7.46. The summed E-state index contributed by atoms with van der Waals surface area (Å²) < 4.78 is 7.34. The second kappa shape index (κ2) is 6.84. The SMILES string of the molecule is CCOC(=O)c1c(NC(=O)c2nn(C)c(C)c2Br)sc(C)c1C. The van der Waals surface area contributed by atoms with Crippen molar-refractivity contribution in [1.82, 2.24) is 9.78 Å². The molecule has 6 nitrogen and oxygen atoms in total. The summed E-state index contributed by atoms with van der Waals surface area (Å²) in [5.74, 6) is -0.798. The van der Waals surface area contributed by atoms with E-state index < -0.39 is 5.97 Å². The zero-order valence-corrected chi connectivity index (χ0v) is 16.0. The molecular weight excluding hydrogens is 382 g/mol. The van der Waals surface area contributed by atoms with Crippen LogP contribution < -0.4 is 5.32 Å². The van der Waals surface area contributed by atoms with Crippen molar-refractivity contribution >= 4 is 44.1 Å². The van der Waals surface area contributed by atoms with Crippen molar-refractivity contribution in [3.05, 3.63) is 31.9 Å². The van der Waals surface area contributed by atoms with Gasteiger partial charge in [0.15, 0.2) is 5.69 Å². The number of anilines is 1. The van der Waals surface area contributed by atoms with Crippen molar-refractivity contribution in [2.24, 2.45) is 7.05 Å². The average Bonchev–Trinajstić information content (AvgIpc) is 2.90. The van der Waals surface area contributed by atoms with Gasteiger partial charge in [-0.05, 0) is 49.2 Å². The van der Waals surface area contributed by atoms with Crippen molar-refractivity contribution in [3.63, 3.8) is 0 Å². The Hall–Kier alpha value is -1.67. The first-order valence-corrected chi connectivity index (χ1v) is 8.66. The summed E-state index contributed by atoms with van der Waals surface area (Å²) in [6, 6.07) is 0. The highest BCUT2D eigenvalue weighted by molar-refractivity contribution is 9.10. The Morgan fingerprint density at radius 3 is 2.52 bits per heavy atom. The van der Waals surface area contributed by atoms with E-state index in [4.69, 9.17) is 4.74 Å². The van der Waals surface area contributed by atoms with Crippen LogP contribution in [0.4, 0.5) is 5.00 Å². The number of rotatable bonds is 4. The minimum absolute atomic E-state index is 0.281. The van der Waals surface area contributed by atoms with Crippen LogP contribution in [0, 0.1) is 20.8 Å². The van der Waals surface area contributed by atoms with Gasteiger partial charge in [-0.3, -0.25) is 9.48 Å². The maximum atomic E-state index is 12.5. The van der Waals surface area contributed by atoms with Crippen LogP contribution in [0.2, 0.25) is 0 Å². The molecule has 0 bridgehead atoms. The molecule has 0 saturated heterocycles. The van der Waals surface area contributed by atoms with Gasteiger partial charge in [-0.15, -0.1) is 11.3 Å². The van der Waals surface area contributed by atoms with Gasteiger partial charge in [0.05, 0.1) is 22.3 Å². The molecule has 2 heterocycles. The summed E-state index contributed by atoms with van der Waals surface area (Å²) >= 11 is 4.73. The van der Waals surface area contributed by atoms with E-state index >= 15 is 0 Å². The number of thiophene rings is 1. The van der Waals surface area contributed by atoms with E-state index in [2.05, 4.69) is 26.3 Å². The molecule has 0 unspecified atom stereocenters. The molecule has 0 aliphatic carbocycles. The first-order valence-electron chi connectivity index (χ1n) is 7.05. The molecule has 2 aromatic heterocycles. The van der Waals surface area contributed by atoms with Gasteiger partial charge in [0.2, 0.25) is 0 Å². The normalized spacial score (nSPS) is 10.7. The summed E-state index contributed by atoms with van der Waals surface area (Å²) in [7, 11) is 1.76. The van der Waals surface area contributed by atoms with Gasteiger partial charge in [0.1, 0.15) is 5.00 Å². The monoisotopic (exact) mass is 399 g/mol. The second-order valence-electron chi connectivity index (χ2n) is 5.03. The van der Waals surface area contributed by atoms with Crippen LogP contribution in [0.1, 0.15) is 43.9 Å². The Kier molecular flexibility index (Phi) is 5.26. The van der Waals surface area contributed by atoms with Crippen LogP contribution in [0.25, 0.3) is 0 Å². The number of aromatic nitrogens is 2.